The van der Waals surface area contributed by atoms with Crippen LogP contribution in [0, 0.1) is 11.3 Å². The van der Waals surface area contributed by atoms with Gasteiger partial charge in [-0.1, -0.05) is 30.3 Å². The Morgan fingerprint density at radius 2 is 1.70 bits per heavy atom. The van der Waals surface area contributed by atoms with Crippen molar-refractivity contribution < 1.29 is 23.1 Å². The van der Waals surface area contributed by atoms with E-state index in [0.717, 1.165) is 5.56 Å². The predicted molar refractivity (Wildman–Crippen MR) is 113 cm³/mol. The van der Waals surface area contributed by atoms with Crippen molar-refractivity contribution in [1.82, 2.24) is 4.72 Å². The molecule has 0 heterocycles. The van der Waals surface area contributed by atoms with Crippen molar-refractivity contribution >= 4 is 21.8 Å². The van der Waals surface area contributed by atoms with Gasteiger partial charge in [-0.05, 0) is 48.9 Å². The van der Waals surface area contributed by atoms with Gasteiger partial charge in [0.15, 0.2) is 0 Å². The maximum absolute atomic E-state index is 13.1. The van der Waals surface area contributed by atoms with Crippen molar-refractivity contribution in [2.24, 2.45) is 11.7 Å². The zero-order valence-electron chi connectivity index (χ0n) is 16.6. The van der Waals surface area contributed by atoms with Crippen LogP contribution in [0.2, 0.25) is 0 Å². The van der Waals surface area contributed by atoms with E-state index in [9.17, 15) is 13.2 Å². The molecule has 0 amide bonds. The fraction of sp³-hybridized carbons (Fsp3) is 0.333. The van der Waals surface area contributed by atoms with Gasteiger partial charge in [0, 0.05) is 11.6 Å². The molecule has 0 atom stereocenters. The molecule has 0 saturated heterocycles. The molecule has 8 nitrogen and oxygen atoms in total. The van der Waals surface area contributed by atoms with E-state index in [1.807, 2.05) is 0 Å². The smallest absolute Gasteiger partial charge is 0.306 e. The molecule has 5 N–H and O–H groups in total. The van der Waals surface area contributed by atoms with Crippen molar-refractivity contribution in [2.45, 2.75) is 36.6 Å². The predicted octanol–water partition coefficient (Wildman–Crippen LogP) is 2.57. The number of ether oxygens (including phenoxy) is 1. The molecule has 2 aromatic rings. The van der Waals surface area contributed by atoms with E-state index >= 15 is 0 Å². The van der Waals surface area contributed by atoms with Gasteiger partial charge in [-0.15, -0.1) is 0 Å². The van der Waals surface area contributed by atoms with Crippen LogP contribution in [0.3, 0.4) is 0 Å². The maximum Gasteiger partial charge on any atom is 0.306 e. The topological polar surface area (TPSA) is 143 Å². The van der Waals surface area contributed by atoms with E-state index in [1.54, 1.807) is 42.5 Å². The number of nitrogens with one attached hydrogen (secondary N) is 2. The van der Waals surface area contributed by atoms with Gasteiger partial charge in [-0.3, -0.25) is 10.2 Å². The first-order valence-corrected chi connectivity index (χ1v) is 11.1. The standard InChI is InChI=1S/C21H25N3O5S/c1-29-18-11-8-16(13-2-4-14(5-3-13)20(22)23)12-19(18)30(27,28)24-17-9-6-15(7-10-17)21(25)26/h2-5,8,11-12,15,17,24H,6-7,9-10H2,1H3,(H3,22,23)(H,25,26). The molecule has 1 aliphatic rings. The monoisotopic (exact) mass is 431 g/mol. The lowest BCUT2D eigenvalue weighted by atomic mass is 9.87. The molecule has 30 heavy (non-hydrogen) atoms. The molecule has 9 heteroatoms. The third kappa shape index (κ3) is 4.80. The fourth-order valence-electron chi connectivity index (χ4n) is 3.65. The Balaban J connectivity index is 1.85. The van der Waals surface area contributed by atoms with Gasteiger partial charge in [-0.2, -0.15) is 0 Å². The Hall–Kier alpha value is -2.91. The van der Waals surface area contributed by atoms with E-state index in [4.69, 9.17) is 21.0 Å². The van der Waals surface area contributed by atoms with Crippen LogP contribution in [0.15, 0.2) is 47.4 Å². The van der Waals surface area contributed by atoms with Gasteiger partial charge in [0.05, 0.1) is 13.0 Å². The quantitative estimate of drug-likeness (QED) is 0.392. The third-order valence-electron chi connectivity index (χ3n) is 5.38. The first-order valence-electron chi connectivity index (χ1n) is 9.59. The zero-order valence-corrected chi connectivity index (χ0v) is 17.4. The summed E-state index contributed by atoms with van der Waals surface area (Å²) in [4.78, 5) is 11.1. The van der Waals surface area contributed by atoms with E-state index < -0.39 is 21.9 Å². The van der Waals surface area contributed by atoms with Crippen molar-refractivity contribution in [3.8, 4) is 16.9 Å². The number of sulfonamides is 1. The van der Waals surface area contributed by atoms with Gasteiger partial charge < -0.3 is 15.6 Å². The Morgan fingerprint density at radius 1 is 1.10 bits per heavy atom. The second kappa shape index (κ2) is 8.85. The molecular weight excluding hydrogens is 406 g/mol. The SMILES string of the molecule is COc1ccc(-c2ccc(C(=N)N)cc2)cc1S(=O)(=O)NC1CCC(C(=O)O)CC1. The van der Waals surface area contributed by atoms with Crippen LogP contribution in [0.5, 0.6) is 5.75 Å². The summed E-state index contributed by atoms with van der Waals surface area (Å²) in [5.41, 5.74) is 7.52. The maximum atomic E-state index is 13.1. The minimum Gasteiger partial charge on any atom is -0.495 e. The number of methoxy groups -OCH3 is 1. The number of hydrogen-bond donors (Lipinski definition) is 4. The first kappa shape index (κ1) is 21.8. The van der Waals surface area contributed by atoms with Crippen molar-refractivity contribution in [1.29, 1.82) is 5.41 Å². The molecule has 0 unspecified atom stereocenters. The number of nitrogen functional groups attached to an aromatic ring is 1. The van der Waals surface area contributed by atoms with Gasteiger partial charge in [0.1, 0.15) is 16.5 Å². The second-order valence-corrected chi connectivity index (χ2v) is 9.05. The minimum absolute atomic E-state index is 0.0264. The van der Waals surface area contributed by atoms with Crippen LogP contribution in [0.1, 0.15) is 31.2 Å². The van der Waals surface area contributed by atoms with Gasteiger partial charge >= 0.3 is 5.97 Å². The first-order chi connectivity index (χ1) is 14.2. The molecule has 0 bridgehead atoms. The molecule has 3 rings (SSSR count). The Labute approximate surface area is 175 Å². The summed E-state index contributed by atoms with van der Waals surface area (Å²) in [6.45, 7) is 0. The van der Waals surface area contributed by atoms with Crippen LogP contribution in [0.4, 0.5) is 0 Å². The number of carboxylic acids is 1. The Bertz CT molecular complexity index is 1040. The number of amidine groups is 1. The fourth-order valence-corrected chi connectivity index (χ4v) is 5.15. The molecule has 0 aromatic heterocycles. The Morgan fingerprint density at radius 3 is 2.23 bits per heavy atom. The molecule has 1 saturated carbocycles. The molecule has 0 spiro atoms. The minimum atomic E-state index is -3.87. The lowest BCUT2D eigenvalue weighted by Crippen LogP contribution is -2.38. The highest BCUT2D eigenvalue weighted by Gasteiger charge is 2.30. The molecule has 1 fully saturated rings. The number of carbonyl (C=O) groups is 1. The van der Waals surface area contributed by atoms with Gasteiger partial charge in [0.25, 0.3) is 0 Å². The van der Waals surface area contributed by atoms with Crippen LogP contribution in [-0.2, 0) is 14.8 Å². The number of hydrogen-bond acceptors (Lipinski definition) is 5. The molecule has 0 aliphatic heterocycles. The molecular formula is C21H25N3O5S. The number of benzene rings is 2. The summed E-state index contributed by atoms with van der Waals surface area (Å²) in [7, 11) is -2.46. The lowest BCUT2D eigenvalue weighted by Gasteiger charge is -2.27. The highest BCUT2D eigenvalue weighted by molar-refractivity contribution is 7.89. The van der Waals surface area contributed by atoms with Gasteiger partial charge in [-0.25, -0.2) is 13.1 Å². The highest BCUT2D eigenvalue weighted by atomic mass is 32.2. The van der Waals surface area contributed by atoms with E-state index in [2.05, 4.69) is 4.72 Å². The molecule has 0 radical (unpaired) electrons. The normalized spacial score (nSPS) is 19.2. The Kier molecular flexibility index (Phi) is 6.42. The van der Waals surface area contributed by atoms with Crippen molar-refractivity contribution in [3.63, 3.8) is 0 Å². The van der Waals surface area contributed by atoms with Crippen molar-refractivity contribution in [3.05, 3.63) is 48.0 Å². The highest BCUT2D eigenvalue weighted by Crippen LogP contribution is 2.32. The number of carboxylic acid groups (broad SMARTS) is 1. The molecule has 160 valence electrons. The number of nitrogens with two attached hydrogens (primary N) is 1. The number of rotatable bonds is 7. The lowest BCUT2D eigenvalue weighted by molar-refractivity contribution is -0.142. The van der Waals surface area contributed by atoms with Crippen molar-refractivity contribution in [2.75, 3.05) is 7.11 Å². The molecule has 2 aromatic carbocycles. The largest absolute Gasteiger partial charge is 0.495 e. The van der Waals surface area contributed by atoms with E-state index in [1.165, 1.54) is 7.11 Å². The third-order valence-corrected chi connectivity index (χ3v) is 6.92. The second-order valence-electron chi connectivity index (χ2n) is 7.36. The van der Waals surface area contributed by atoms with E-state index in [-0.39, 0.29) is 22.5 Å². The van der Waals surface area contributed by atoms with Crippen LogP contribution >= 0.6 is 0 Å². The summed E-state index contributed by atoms with van der Waals surface area (Å²) in [5, 5.41) is 16.6. The van der Waals surface area contributed by atoms with Gasteiger partial charge in [0.2, 0.25) is 10.0 Å². The van der Waals surface area contributed by atoms with Crippen LogP contribution in [0.25, 0.3) is 11.1 Å². The summed E-state index contributed by atoms with van der Waals surface area (Å²) in [6, 6.07) is 11.6. The van der Waals surface area contributed by atoms with Crippen LogP contribution < -0.4 is 15.2 Å². The molecule has 1 aliphatic carbocycles. The van der Waals surface area contributed by atoms with Crippen LogP contribution in [-0.4, -0.2) is 38.5 Å². The van der Waals surface area contributed by atoms with E-state index in [0.29, 0.717) is 36.8 Å². The zero-order chi connectivity index (χ0) is 21.9. The number of aliphatic carboxylic acids is 1. The average Bonchev–Trinajstić information content (AvgIpc) is 2.73. The summed E-state index contributed by atoms with van der Waals surface area (Å²) in [5.74, 6) is -1.06. The average molecular weight is 432 g/mol. The summed E-state index contributed by atoms with van der Waals surface area (Å²) in [6.07, 6.45) is 1.85. The summed E-state index contributed by atoms with van der Waals surface area (Å²) >= 11 is 0. The summed E-state index contributed by atoms with van der Waals surface area (Å²) < 4.78 is 34.1.